The molecule has 0 aliphatic carbocycles. The summed E-state index contributed by atoms with van der Waals surface area (Å²) in [5.41, 5.74) is 12.0. The summed E-state index contributed by atoms with van der Waals surface area (Å²) < 4.78 is 0. The topological polar surface area (TPSA) is 93.5 Å². The number of carbonyl (C=O) groups is 1. The Hall–Kier alpha value is -2.04. The Labute approximate surface area is 88.2 Å². The molecule has 1 amide bonds. The maximum atomic E-state index is 11.3. The van der Waals surface area contributed by atoms with Crippen molar-refractivity contribution in [3.8, 4) is 0 Å². The summed E-state index contributed by atoms with van der Waals surface area (Å²) in [4.78, 5) is 15.0. The quantitative estimate of drug-likeness (QED) is 0.487. The van der Waals surface area contributed by atoms with Gasteiger partial charge in [-0.3, -0.25) is 4.79 Å². The minimum Gasteiger partial charge on any atom is -0.370 e. The van der Waals surface area contributed by atoms with E-state index in [0.717, 1.165) is 11.3 Å². The molecule has 5 nitrogen and oxygen atoms in total. The maximum Gasteiger partial charge on any atom is 0.246 e. The fourth-order valence-corrected chi connectivity index (χ4v) is 1.07. The molecule has 0 aliphatic rings. The molecule has 0 radical (unpaired) electrons. The van der Waals surface area contributed by atoms with Crippen molar-refractivity contribution < 1.29 is 4.79 Å². The number of nitrogens with two attached hydrogens (primary N) is 2. The molecular formula is C10H14N4O. The van der Waals surface area contributed by atoms with E-state index < -0.39 is 0 Å². The van der Waals surface area contributed by atoms with Crippen molar-refractivity contribution in [2.75, 3.05) is 11.9 Å². The number of aliphatic imine (C=N–C) groups is 1. The Morgan fingerprint density at radius 2 is 2.07 bits per heavy atom. The number of hydrogen-bond donors (Lipinski definition) is 3. The third kappa shape index (κ3) is 3.68. The number of hydrogen-bond acceptors (Lipinski definition) is 2. The van der Waals surface area contributed by atoms with Crippen molar-refractivity contribution >= 4 is 17.6 Å². The van der Waals surface area contributed by atoms with Gasteiger partial charge in [0.25, 0.3) is 0 Å². The van der Waals surface area contributed by atoms with Crippen LogP contribution in [0, 0.1) is 6.92 Å². The lowest BCUT2D eigenvalue weighted by Gasteiger charge is -2.06. The van der Waals surface area contributed by atoms with E-state index in [1.165, 1.54) is 0 Å². The van der Waals surface area contributed by atoms with Gasteiger partial charge in [-0.25, -0.2) is 4.99 Å². The summed E-state index contributed by atoms with van der Waals surface area (Å²) in [6.07, 6.45) is 0. The summed E-state index contributed by atoms with van der Waals surface area (Å²) in [6, 6.07) is 7.49. The van der Waals surface area contributed by atoms with Gasteiger partial charge in [-0.15, -0.1) is 0 Å². The van der Waals surface area contributed by atoms with Crippen LogP contribution in [0.4, 0.5) is 5.69 Å². The van der Waals surface area contributed by atoms with Gasteiger partial charge >= 0.3 is 0 Å². The number of para-hydroxylation sites is 1. The van der Waals surface area contributed by atoms with Gasteiger partial charge in [0, 0.05) is 5.69 Å². The molecule has 0 spiro atoms. The highest BCUT2D eigenvalue weighted by atomic mass is 16.1. The number of aryl methyl sites for hydroxylation is 1. The van der Waals surface area contributed by atoms with Crippen LogP contribution in [0.15, 0.2) is 29.3 Å². The van der Waals surface area contributed by atoms with Crippen molar-refractivity contribution in [3.63, 3.8) is 0 Å². The lowest BCUT2D eigenvalue weighted by Crippen LogP contribution is -2.25. The van der Waals surface area contributed by atoms with Crippen molar-refractivity contribution in [1.29, 1.82) is 0 Å². The predicted molar refractivity (Wildman–Crippen MR) is 60.5 cm³/mol. The van der Waals surface area contributed by atoms with Crippen LogP contribution in [0.3, 0.4) is 0 Å². The maximum absolute atomic E-state index is 11.3. The smallest absolute Gasteiger partial charge is 0.246 e. The molecule has 0 saturated heterocycles. The summed E-state index contributed by atoms with van der Waals surface area (Å²) in [7, 11) is 0. The van der Waals surface area contributed by atoms with E-state index in [4.69, 9.17) is 11.5 Å². The molecule has 5 heteroatoms. The van der Waals surface area contributed by atoms with E-state index in [9.17, 15) is 4.79 Å². The van der Waals surface area contributed by atoms with Gasteiger partial charge in [-0.1, -0.05) is 18.2 Å². The standard InChI is InChI=1S/C10H14N4O/c1-7-4-2-3-5-8(7)14-9(15)6-13-10(11)12/h2-5H,6H2,1H3,(H,14,15)(H4,11,12,13). The van der Waals surface area contributed by atoms with Crippen molar-refractivity contribution in [2.24, 2.45) is 16.5 Å². The van der Waals surface area contributed by atoms with E-state index in [2.05, 4.69) is 10.3 Å². The minimum atomic E-state index is -0.238. The van der Waals surface area contributed by atoms with Gasteiger partial charge in [0.2, 0.25) is 5.91 Å². The normalized spacial score (nSPS) is 9.40. The highest BCUT2D eigenvalue weighted by Gasteiger charge is 2.02. The molecular weight excluding hydrogens is 192 g/mol. The monoisotopic (exact) mass is 206 g/mol. The molecule has 0 saturated carbocycles. The molecule has 1 aromatic carbocycles. The Kier molecular flexibility index (Phi) is 3.68. The number of anilines is 1. The van der Waals surface area contributed by atoms with Crippen LogP contribution in [-0.4, -0.2) is 18.4 Å². The molecule has 80 valence electrons. The van der Waals surface area contributed by atoms with Gasteiger partial charge in [0.1, 0.15) is 6.54 Å². The molecule has 5 N–H and O–H groups in total. The van der Waals surface area contributed by atoms with Gasteiger partial charge < -0.3 is 16.8 Å². The number of amides is 1. The Balaban J connectivity index is 2.59. The van der Waals surface area contributed by atoms with Crippen LogP contribution in [-0.2, 0) is 4.79 Å². The molecule has 1 aromatic rings. The van der Waals surface area contributed by atoms with E-state index in [0.29, 0.717) is 0 Å². The summed E-state index contributed by atoms with van der Waals surface area (Å²) in [6.45, 7) is 1.85. The van der Waals surface area contributed by atoms with Crippen molar-refractivity contribution in [1.82, 2.24) is 0 Å². The molecule has 0 aliphatic heterocycles. The van der Waals surface area contributed by atoms with E-state index >= 15 is 0 Å². The molecule has 0 bridgehead atoms. The van der Waals surface area contributed by atoms with Gasteiger partial charge in [0.15, 0.2) is 5.96 Å². The first-order valence-corrected chi connectivity index (χ1v) is 4.50. The average molecular weight is 206 g/mol. The fraction of sp³-hybridized carbons (Fsp3) is 0.200. The molecule has 0 heterocycles. The first-order chi connectivity index (χ1) is 7.09. The molecule has 1 rings (SSSR count). The van der Waals surface area contributed by atoms with Crippen LogP contribution in [0.2, 0.25) is 0 Å². The second-order valence-corrected chi connectivity index (χ2v) is 3.10. The van der Waals surface area contributed by atoms with Crippen LogP contribution >= 0.6 is 0 Å². The summed E-state index contributed by atoms with van der Waals surface area (Å²) in [5.74, 6) is -0.326. The van der Waals surface area contributed by atoms with Gasteiger partial charge in [-0.05, 0) is 18.6 Å². The molecule has 0 atom stereocenters. The third-order valence-corrected chi connectivity index (χ3v) is 1.82. The van der Waals surface area contributed by atoms with Crippen LogP contribution in [0.25, 0.3) is 0 Å². The average Bonchev–Trinajstić information content (AvgIpc) is 2.18. The van der Waals surface area contributed by atoms with Crippen molar-refractivity contribution in [2.45, 2.75) is 6.92 Å². The summed E-state index contributed by atoms with van der Waals surface area (Å²) >= 11 is 0. The molecule has 0 unspecified atom stereocenters. The highest BCUT2D eigenvalue weighted by molar-refractivity contribution is 5.94. The summed E-state index contributed by atoms with van der Waals surface area (Å²) in [5, 5.41) is 2.71. The molecule has 15 heavy (non-hydrogen) atoms. The first kappa shape index (κ1) is 11.0. The zero-order chi connectivity index (χ0) is 11.3. The second-order valence-electron chi connectivity index (χ2n) is 3.10. The molecule has 0 fully saturated rings. The SMILES string of the molecule is Cc1ccccc1NC(=O)CN=C(N)N. The largest absolute Gasteiger partial charge is 0.370 e. The van der Waals surface area contributed by atoms with E-state index in [1.54, 1.807) is 0 Å². The Morgan fingerprint density at radius 3 is 2.67 bits per heavy atom. The molecule has 0 aromatic heterocycles. The third-order valence-electron chi connectivity index (χ3n) is 1.82. The van der Waals surface area contributed by atoms with E-state index in [1.807, 2.05) is 31.2 Å². The second kappa shape index (κ2) is 4.99. The number of guanidine groups is 1. The number of rotatable bonds is 3. The zero-order valence-electron chi connectivity index (χ0n) is 8.53. The minimum absolute atomic E-state index is 0.0589. The van der Waals surface area contributed by atoms with Gasteiger partial charge in [0.05, 0.1) is 0 Å². The zero-order valence-corrected chi connectivity index (χ0v) is 8.53. The lowest BCUT2D eigenvalue weighted by molar-refractivity contribution is -0.114. The van der Waals surface area contributed by atoms with Crippen LogP contribution in [0.5, 0.6) is 0 Å². The van der Waals surface area contributed by atoms with Gasteiger partial charge in [-0.2, -0.15) is 0 Å². The lowest BCUT2D eigenvalue weighted by atomic mass is 10.2. The number of nitrogens with zero attached hydrogens (tertiary/aromatic N) is 1. The Morgan fingerprint density at radius 1 is 1.40 bits per heavy atom. The first-order valence-electron chi connectivity index (χ1n) is 4.50. The fourth-order valence-electron chi connectivity index (χ4n) is 1.07. The number of carbonyl (C=O) groups excluding carboxylic acids is 1. The van der Waals surface area contributed by atoms with Crippen LogP contribution < -0.4 is 16.8 Å². The number of benzene rings is 1. The van der Waals surface area contributed by atoms with E-state index in [-0.39, 0.29) is 18.4 Å². The number of nitrogens with one attached hydrogen (secondary N) is 1. The van der Waals surface area contributed by atoms with Crippen LogP contribution in [0.1, 0.15) is 5.56 Å². The Bertz CT molecular complexity index is 383. The van der Waals surface area contributed by atoms with Crippen molar-refractivity contribution in [3.05, 3.63) is 29.8 Å². The predicted octanol–water partition coefficient (Wildman–Crippen LogP) is 0.207. The highest BCUT2D eigenvalue weighted by Crippen LogP contribution is 2.12.